The number of hydrogen-bond acceptors (Lipinski definition) is 6. The van der Waals surface area contributed by atoms with E-state index in [1.807, 2.05) is 29.2 Å². The Morgan fingerprint density at radius 2 is 2.00 bits per heavy atom. The zero-order valence-corrected chi connectivity index (χ0v) is 18.1. The van der Waals surface area contributed by atoms with Gasteiger partial charge in [-0.1, -0.05) is 35.5 Å². The monoisotopic (exact) mass is 454 g/mol. The van der Waals surface area contributed by atoms with Crippen LogP contribution in [0.4, 0.5) is 10.1 Å². The minimum atomic E-state index is -3.14. The third kappa shape index (κ3) is 4.39. The Bertz CT molecular complexity index is 1040. The van der Waals surface area contributed by atoms with Gasteiger partial charge in [-0.3, -0.25) is 4.99 Å². The molecule has 29 heavy (non-hydrogen) atoms. The van der Waals surface area contributed by atoms with Crippen molar-refractivity contribution in [3.8, 4) is 5.75 Å². The first-order chi connectivity index (χ1) is 13.9. The summed E-state index contributed by atoms with van der Waals surface area (Å²) in [6.45, 7) is 0. The van der Waals surface area contributed by atoms with Crippen LogP contribution in [-0.2, 0) is 16.3 Å². The van der Waals surface area contributed by atoms with Crippen LogP contribution in [0.15, 0.2) is 47.5 Å². The second-order valence-corrected chi connectivity index (χ2v) is 10.7. The lowest BCUT2D eigenvalue weighted by molar-refractivity contribution is 0.414. The first-order valence-corrected chi connectivity index (χ1v) is 12.3. The number of anilines is 1. The second-order valence-electron chi connectivity index (χ2n) is 7.04. The van der Waals surface area contributed by atoms with Crippen LogP contribution in [-0.4, -0.2) is 50.0 Å². The van der Waals surface area contributed by atoms with Gasteiger partial charge in [-0.25, -0.2) is 12.8 Å². The van der Waals surface area contributed by atoms with E-state index < -0.39 is 15.7 Å². The number of aliphatic imine (C=N–C) groups is 1. The first kappa shape index (κ1) is 20.5. The molecule has 0 unspecified atom stereocenters. The standard InChI is InChI=1S/C20H20ClFN2O3S2/c1-27-15-5-2-13(3-6-15)8-9-28-20-23-18-11-29(25,26)12-19(18)24(20)14-4-7-17(22)16(21)10-14/h2-7,10,18-19H,8-9,11-12H2,1H3/t18-,19-/m0/s1. The van der Waals surface area contributed by atoms with Crippen LogP contribution in [0.3, 0.4) is 0 Å². The van der Waals surface area contributed by atoms with Crippen LogP contribution in [0.1, 0.15) is 5.56 Å². The van der Waals surface area contributed by atoms with Crippen LogP contribution >= 0.6 is 23.4 Å². The number of rotatable bonds is 5. The molecular formula is C20H20ClFN2O3S2. The molecule has 0 bridgehead atoms. The molecule has 2 aromatic rings. The molecule has 5 nitrogen and oxygen atoms in total. The minimum absolute atomic E-state index is 0.00869. The quantitative estimate of drug-likeness (QED) is 0.687. The Kier molecular flexibility index (Phi) is 5.77. The van der Waals surface area contributed by atoms with Gasteiger partial charge in [0, 0.05) is 11.4 Å². The molecule has 0 spiro atoms. The Morgan fingerprint density at radius 1 is 1.24 bits per heavy atom. The van der Waals surface area contributed by atoms with Gasteiger partial charge in [-0.15, -0.1) is 0 Å². The number of halogens is 2. The molecule has 9 heteroatoms. The number of aryl methyl sites for hydroxylation is 1. The summed E-state index contributed by atoms with van der Waals surface area (Å²) in [7, 11) is -1.50. The van der Waals surface area contributed by atoms with E-state index in [0.29, 0.717) is 5.69 Å². The molecule has 0 saturated carbocycles. The van der Waals surface area contributed by atoms with Crippen LogP contribution in [0.2, 0.25) is 5.02 Å². The number of nitrogens with zero attached hydrogens (tertiary/aromatic N) is 2. The highest BCUT2D eigenvalue weighted by molar-refractivity contribution is 8.14. The van der Waals surface area contributed by atoms with Crippen molar-refractivity contribution in [2.75, 3.05) is 29.3 Å². The molecule has 2 aliphatic rings. The Morgan fingerprint density at radius 3 is 2.69 bits per heavy atom. The maximum absolute atomic E-state index is 13.6. The molecule has 2 aliphatic heterocycles. The largest absolute Gasteiger partial charge is 0.497 e. The highest BCUT2D eigenvalue weighted by Crippen LogP contribution is 2.36. The highest BCUT2D eigenvalue weighted by atomic mass is 35.5. The molecule has 2 heterocycles. The number of thioether (sulfide) groups is 1. The van der Waals surface area contributed by atoms with E-state index >= 15 is 0 Å². The minimum Gasteiger partial charge on any atom is -0.497 e. The third-order valence-electron chi connectivity index (χ3n) is 5.07. The first-order valence-electron chi connectivity index (χ1n) is 9.14. The molecule has 154 valence electrons. The number of fused-ring (bicyclic) bond motifs is 1. The van der Waals surface area contributed by atoms with Gasteiger partial charge in [-0.05, 0) is 42.3 Å². The normalized spacial score (nSPS) is 22.4. The Balaban J connectivity index is 1.52. The summed E-state index contributed by atoms with van der Waals surface area (Å²) < 4.78 is 43.0. The van der Waals surface area contributed by atoms with Crippen molar-refractivity contribution in [3.05, 3.63) is 58.9 Å². The molecule has 1 saturated heterocycles. The van der Waals surface area contributed by atoms with Crippen molar-refractivity contribution < 1.29 is 17.5 Å². The van der Waals surface area contributed by atoms with E-state index in [2.05, 4.69) is 4.99 Å². The van der Waals surface area contributed by atoms with Crippen molar-refractivity contribution >= 4 is 44.1 Å². The number of sulfone groups is 1. The summed E-state index contributed by atoms with van der Waals surface area (Å²) in [6.07, 6.45) is 0.833. The molecule has 0 radical (unpaired) electrons. The van der Waals surface area contributed by atoms with Gasteiger partial charge >= 0.3 is 0 Å². The van der Waals surface area contributed by atoms with E-state index in [4.69, 9.17) is 16.3 Å². The van der Waals surface area contributed by atoms with Crippen molar-refractivity contribution in [1.82, 2.24) is 0 Å². The Labute approximate surface area is 178 Å². The molecule has 0 amide bonds. The Hall–Kier alpha value is -1.77. The van der Waals surface area contributed by atoms with Gasteiger partial charge in [0.25, 0.3) is 0 Å². The molecular weight excluding hydrogens is 435 g/mol. The van der Waals surface area contributed by atoms with Crippen LogP contribution < -0.4 is 9.64 Å². The predicted octanol–water partition coefficient (Wildman–Crippen LogP) is 3.81. The fourth-order valence-electron chi connectivity index (χ4n) is 3.62. The summed E-state index contributed by atoms with van der Waals surface area (Å²) in [6, 6.07) is 11.8. The van der Waals surface area contributed by atoms with E-state index in [9.17, 15) is 12.8 Å². The average Bonchev–Trinajstić information content (AvgIpc) is 3.15. The highest BCUT2D eigenvalue weighted by Gasteiger charge is 2.47. The molecule has 0 aromatic heterocycles. The van der Waals surface area contributed by atoms with E-state index in [-0.39, 0.29) is 28.6 Å². The lowest BCUT2D eigenvalue weighted by Crippen LogP contribution is -2.39. The topological polar surface area (TPSA) is 59.0 Å². The predicted molar refractivity (Wildman–Crippen MR) is 117 cm³/mol. The van der Waals surface area contributed by atoms with Crippen molar-refractivity contribution in [2.24, 2.45) is 4.99 Å². The molecule has 2 atom stereocenters. The number of hydrogen-bond donors (Lipinski definition) is 0. The van der Waals surface area contributed by atoms with Crippen LogP contribution in [0.5, 0.6) is 5.75 Å². The average molecular weight is 455 g/mol. The molecule has 1 fully saturated rings. The molecule has 0 aliphatic carbocycles. The molecule has 2 aromatic carbocycles. The maximum Gasteiger partial charge on any atom is 0.164 e. The number of benzene rings is 2. The van der Waals surface area contributed by atoms with Gasteiger partial charge in [0.1, 0.15) is 11.6 Å². The van der Waals surface area contributed by atoms with Gasteiger partial charge in [0.05, 0.1) is 35.7 Å². The van der Waals surface area contributed by atoms with Crippen LogP contribution in [0.25, 0.3) is 0 Å². The van der Waals surface area contributed by atoms with Gasteiger partial charge in [0.2, 0.25) is 0 Å². The fourth-order valence-corrected chi connectivity index (χ4v) is 6.75. The van der Waals surface area contributed by atoms with Crippen molar-refractivity contribution in [2.45, 2.75) is 18.5 Å². The molecule has 4 rings (SSSR count). The lowest BCUT2D eigenvalue weighted by atomic mass is 10.1. The summed E-state index contributed by atoms with van der Waals surface area (Å²) in [5.74, 6) is 1.18. The zero-order chi connectivity index (χ0) is 20.6. The fraction of sp³-hybridized carbons (Fsp3) is 0.350. The van der Waals surface area contributed by atoms with Gasteiger partial charge in [0.15, 0.2) is 15.0 Å². The summed E-state index contributed by atoms with van der Waals surface area (Å²) >= 11 is 7.54. The third-order valence-corrected chi connectivity index (χ3v) is 8.03. The summed E-state index contributed by atoms with van der Waals surface area (Å²) in [5, 5.41) is 0.764. The SMILES string of the molecule is COc1ccc(CCSC2=N[C@H]3CS(=O)(=O)C[C@@H]3N2c2ccc(F)c(Cl)c2)cc1. The van der Waals surface area contributed by atoms with E-state index in [1.54, 1.807) is 24.9 Å². The molecule has 0 N–H and O–H groups in total. The van der Waals surface area contributed by atoms with Crippen molar-refractivity contribution in [1.29, 1.82) is 0 Å². The van der Waals surface area contributed by atoms with Gasteiger partial charge < -0.3 is 9.64 Å². The maximum atomic E-state index is 13.6. The number of ether oxygens (including phenoxy) is 1. The van der Waals surface area contributed by atoms with Crippen LogP contribution in [0, 0.1) is 5.82 Å². The number of methoxy groups -OCH3 is 1. The van der Waals surface area contributed by atoms with Gasteiger partial charge in [-0.2, -0.15) is 0 Å². The lowest BCUT2D eigenvalue weighted by Gasteiger charge is -2.26. The second kappa shape index (κ2) is 8.16. The van der Waals surface area contributed by atoms with E-state index in [1.165, 1.54) is 17.7 Å². The summed E-state index contributed by atoms with van der Waals surface area (Å²) in [4.78, 5) is 6.59. The smallest absolute Gasteiger partial charge is 0.164 e. The summed E-state index contributed by atoms with van der Waals surface area (Å²) in [5.41, 5.74) is 1.84. The zero-order valence-electron chi connectivity index (χ0n) is 15.7. The van der Waals surface area contributed by atoms with E-state index in [0.717, 1.165) is 23.1 Å². The van der Waals surface area contributed by atoms with Crippen molar-refractivity contribution in [3.63, 3.8) is 0 Å². The number of amidine groups is 1.